The van der Waals surface area contributed by atoms with Crippen molar-refractivity contribution in [2.45, 2.75) is 77.3 Å². The SMILES string of the molecule is O=C(c1nc2c(s1)CCC(CCCc1nn[nH]n1)CC2)N1CCc2c(-c3cccc4c3CCN4C(=O)c3nc4c(s3)CN(Cc3nn[nH]n3)CC4)cccc21. The summed E-state index contributed by atoms with van der Waals surface area (Å²) in [6.45, 7) is 3.38. The number of aryl methyl sites for hydroxylation is 3. The standard InChI is InChI=1S/C38H39N13O2S2/c52-37(35-39-27-12-10-22(11-13-31(27)54-35)4-1-9-33-41-45-46-42-33)50-18-14-25-23(5-2-7-29(25)50)24-6-3-8-30-26(24)15-19-51(30)38(53)36-40-28-16-17-49(20-32(28)55-36)21-34-43-47-48-44-34/h2-3,5-8,22H,1,4,9-21H2,(H,41,42,45,46)(H,43,44,47,48). The van der Waals surface area contributed by atoms with Crippen molar-refractivity contribution >= 4 is 45.9 Å². The number of tetrazole rings is 2. The van der Waals surface area contributed by atoms with Crippen molar-refractivity contribution in [2.75, 3.05) is 29.4 Å². The van der Waals surface area contributed by atoms with Gasteiger partial charge in [0.05, 0.1) is 17.9 Å². The number of thiazole rings is 2. The average Bonchev–Trinajstić information content (AvgIpc) is 4.07. The van der Waals surface area contributed by atoms with E-state index in [-0.39, 0.29) is 11.8 Å². The van der Waals surface area contributed by atoms with Gasteiger partial charge in [0.15, 0.2) is 21.7 Å². The number of rotatable bonds is 9. The molecule has 1 unspecified atom stereocenters. The molecule has 2 aromatic carbocycles. The third kappa shape index (κ3) is 6.53. The summed E-state index contributed by atoms with van der Waals surface area (Å²) < 4.78 is 0. The van der Waals surface area contributed by atoms with Crippen LogP contribution < -0.4 is 9.80 Å². The number of nitrogens with one attached hydrogen (secondary N) is 2. The molecule has 17 heteroatoms. The van der Waals surface area contributed by atoms with Crippen molar-refractivity contribution in [3.8, 4) is 11.1 Å². The van der Waals surface area contributed by atoms with E-state index >= 15 is 0 Å². The van der Waals surface area contributed by atoms with Crippen molar-refractivity contribution in [1.29, 1.82) is 0 Å². The van der Waals surface area contributed by atoms with Crippen LogP contribution in [0.3, 0.4) is 0 Å². The molecular formula is C38H39N13O2S2. The second-order valence-electron chi connectivity index (χ2n) is 14.8. The summed E-state index contributed by atoms with van der Waals surface area (Å²) in [7, 11) is 0. The maximum atomic E-state index is 14.1. The van der Waals surface area contributed by atoms with E-state index in [1.54, 1.807) is 11.3 Å². The first-order valence-electron chi connectivity index (χ1n) is 19.1. The maximum Gasteiger partial charge on any atom is 0.287 e. The van der Waals surface area contributed by atoms with Gasteiger partial charge in [-0.1, -0.05) is 34.7 Å². The molecule has 10 rings (SSSR count). The van der Waals surface area contributed by atoms with Gasteiger partial charge in [-0.2, -0.15) is 10.4 Å². The minimum atomic E-state index is -0.0482. The molecule has 4 aromatic heterocycles. The average molecular weight is 774 g/mol. The Balaban J connectivity index is 0.829. The number of fused-ring (bicyclic) bond motifs is 4. The summed E-state index contributed by atoms with van der Waals surface area (Å²) in [4.78, 5) is 46.3. The van der Waals surface area contributed by atoms with Crippen LogP contribution in [0.5, 0.6) is 0 Å². The van der Waals surface area contributed by atoms with Gasteiger partial charge in [0.25, 0.3) is 11.8 Å². The Morgan fingerprint density at radius 1 is 0.709 bits per heavy atom. The zero-order valence-corrected chi connectivity index (χ0v) is 31.8. The van der Waals surface area contributed by atoms with Gasteiger partial charge in [-0.05, 0) is 91.7 Å². The van der Waals surface area contributed by atoms with Gasteiger partial charge in [0.1, 0.15) is 0 Å². The monoisotopic (exact) mass is 773 g/mol. The normalized spacial score (nSPS) is 17.9. The first-order valence-corrected chi connectivity index (χ1v) is 20.7. The van der Waals surface area contributed by atoms with E-state index in [1.165, 1.54) is 27.3 Å². The van der Waals surface area contributed by atoms with Gasteiger partial charge in [-0.15, -0.1) is 43.1 Å². The quantitative estimate of drug-likeness (QED) is 0.193. The molecule has 1 aliphatic carbocycles. The van der Waals surface area contributed by atoms with Crippen LogP contribution in [0.15, 0.2) is 36.4 Å². The number of aromatic amines is 2. The van der Waals surface area contributed by atoms with E-state index in [2.05, 4.69) is 70.4 Å². The molecule has 280 valence electrons. The van der Waals surface area contributed by atoms with Crippen LogP contribution >= 0.6 is 22.7 Å². The van der Waals surface area contributed by atoms with Crippen LogP contribution in [-0.4, -0.2) is 87.6 Å². The second-order valence-corrected chi connectivity index (χ2v) is 16.9. The van der Waals surface area contributed by atoms with Crippen LogP contribution in [0.2, 0.25) is 0 Å². The summed E-state index contributed by atoms with van der Waals surface area (Å²) in [5, 5.41) is 29.8. The number of carbonyl (C=O) groups excluding carboxylic acids is 2. The minimum absolute atomic E-state index is 0.00947. The lowest BCUT2D eigenvalue weighted by Gasteiger charge is -2.24. The number of H-pyrrole nitrogens is 2. The minimum Gasteiger partial charge on any atom is -0.306 e. The predicted molar refractivity (Wildman–Crippen MR) is 206 cm³/mol. The predicted octanol–water partition coefficient (Wildman–Crippen LogP) is 4.77. The molecule has 0 radical (unpaired) electrons. The molecule has 55 heavy (non-hydrogen) atoms. The molecule has 0 saturated heterocycles. The second kappa shape index (κ2) is 14.4. The molecule has 2 N–H and O–H groups in total. The number of benzene rings is 2. The van der Waals surface area contributed by atoms with Gasteiger partial charge in [-0.3, -0.25) is 14.5 Å². The first-order chi connectivity index (χ1) is 27.1. The van der Waals surface area contributed by atoms with E-state index in [0.29, 0.717) is 47.9 Å². The zero-order valence-electron chi connectivity index (χ0n) is 30.2. The Kier molecular flexibility index (Phi) is 8.98. The molecular weight excluding hydrogens is 735 g/mol. The maximum absolute atomic E-state index is 14.1. The van der Waals surface area contributed by atoms with Gasteiger partial charge in [-0.25, -0.2) is 9.97 Å². The molecule has 6 aromatic rings. The molecule has 0 saturated carbocycles. The van der Waals surface area contributed by atoms with Crippen LogP contribution in [0.4, 0.5) is 11.4 Å². The summed E-state index contributed by atoms with van der Waals surface area (Å²) >= 11 is 3.08. The third-order valence-electron chi connectivity index (χ3n) is 11.5. The molecule has 0 spiro atoms. The van der Waals surface area contributed by atoms with Crippen LogP contribution in [-0.2, 0) is 51.6 Å². The molecule has 3 aliphatic heterocycles. The Morgan fingerprint density at radius 2 is 1.33 bits per heavy atom. The fraction of sp³-hybridized carbons (Fsp3) is 0.421. The van der Waals surface area contributed by atoms with E-state index in [4.69, 9.17) is 9.97 Å². The number of anilines is 2. The number of aromatic nitrogens is 10. The number of hydrogen-bond donors (Lipinski definition) is 2. The highest BCUT2D eigenvalue weighted by Crippen LogP contribution is 2.43. The largest absolute Gasteiger partial charge is 0.306 e. The highest BCUT2D eigenvalue weighted by molar-refractivity contribution is 7.14. The fourth-order valence-corrected chi connectivity index (χ4v) is 10.9. The highest BCUT2D eigenvalue weighted by atomic mass is 32.1. The highest BCUT2D eigenvalue weighted by Gasteiger charge is 2.34. The Bertz CT molecular complexity index is 2350. The summed E-state index contributed by atoms with van der Waals surface area (Å²) in [5.41, 5.74) is 8.61. The van der Waals surface area contributed by atoms with Crippen LogP contribution in [0, 0.1) is 5.92 Å². The number of carbonyl (C=O) groups is 2. The van der Waals surface area contributed by atoms with Crippen molar-refractivity contribution in [2.24, 2.45) is 5.92 Å². The smallest absolute Gasteiger partial charge is 0.287 e. The molecule has 2 amide bonds. The fourth-order valence-electron chi connectivity index (χ4n) is 8.76. The van der Waals surface area contributed by atoms with Crippen LogP contribution in [0.25, 0.3) is 11.1 Å². The summed E-state index contributed by atoms with van der Waals surface area (Å²) in [5.74, 6) is 2.01. The van der Waals surface area contributed by atoms with Gasteiger partial charge in [0.2, 0.25) is 0 Å². The molecule has 1 atom stereocenters. The number of amides is 2. The number of hydrogen-bond acceptors (Lipinski definition) is 13. The molecule has 7 heterocycles. The molecule has 15 nitrogen and oxygen atoms in total. The van der Waals surface area contributed by atoms with Gasteiger partial charge in [0, 0.05) is 60.1 Å². The zero-order chi connectivity index (χ0) is 36.9. The molecule has 4 aliphatic rings. The van der Waals surface area contributed by atoms with Gasteiger partial charge < -0.3 is 9.80 Å². The topological polar surface area (TPSA) is 179 Å². The Hall–Kier alpha value is -5.26. The Labute approximate surface area is 324 Å². The molecule has 0 bridgehead atoms. The van der Waals surface area contributed by atoms with Crippen molar-refractivity contribution in [3.05, 3.63) is 90.3 Å². The third-order valence-corrected chi connectivity index (χ3v) is 13.7. The van der Waals surface area contributed by atoms with Crippen molar-refractivity contribution in [1.82, 2.24) is 56.1 Å². The van der Waals surface area contributed by atoms with E-state index in [9.17, 15) is 9.59 Å². The summed E-state index contributed by atoms with van der Waals surface area (Å²) in [6.07, 6.45) is 9.44. The van der Waals surface area contributed by atoms with Crippen molar-refractivity contribution in [3.63, 3.8) is 0 Å². The lowest BCUT2D eigenvalue weighted by molar-refractivity contribution is 0.0981. The lowest BCUT2D eigenvalue weighted by atomic mass is 9.93. The van der Waals surface area contributed by atoms with E-state index in [1.807, 2.05) is 21.9 Å². The lowest BCUT2D eigenvalue weighted by Crippen LogP contribution is -2.30. The van der Waals surface area contributed by atoms with Gasteiger partial charge >= 0.3 is 0 Å². The van der Waals surface area contributed by atoms with Crippen LogP contribution in [0.1, 0.15) is 89.2 Å². The first kappa shape index (κ1) is 34.2. The van der Waals surface area contributed by atoms with Crippen molar-refractivity contribution < 1.29 is 9.59 Å². The number of nitrogens with zero attached hydrogens (tertiary/aromatic N) is 11. The molecule has 0 fully saturated rings. The summed E-state index contributed by atoms with van der Waals surface area (Å²) in [6, 6.07) is 12.5. The van der Waals surface area contributed by atoms with E-state index < -0.39 is 0 Å². The van der Waals surface area contributed by atoms with E-state index in [0.717, 1.165) is 115 Å². The Morgan fingerprint density at radius 3 is 1.98 bits per heavy atom.